The van der Waals surface area contributed by atoms with Gasteiger partial charge in [-0.1, -0.05) is 154 Å². The van der Waals surface area contributed by atoms with Crippen molar-refractivity contribution in [3.05, 3.63) is 59.7 Å². The van der Waals surface area contributed by atoms with E-state index in [-0.39, 0.29) is 0 Å². The molecule has 2 aromatic rings. The van der Waals surface area contributed by atoms with Crippen molar-refractivity contribution < 1.29 is 8.42 Å². The van der Waals surface area contributed by atoms with Crippen molar-refractivity contribution in [1.29, 1.82) is 0 Å². The molecule has 0 heterocycles. The van der Waals surface area contributed by atoms with Crippen molar-refractivity contribution in [2.24, 2.45) is 0 Å². The van der Waals surface area contributed by atoms with E-state index in [1.807, 2.05) is 24.3 Å². The van der Waals surface area contributed by atoms with Crippen LogP contribution in [0.5, 0.6) is 0 Å². The van der Waals surface area contributed by atoms with Crippen LogP contribution in [0.25, 0.3) is 0 Å². The second-order valence-electron chi connectivity index (χ2n) is 11.7. The van der Waals surface area contributed by atoms with E-state index in [0.29, 0.717) is 9.79 Å². The number of unbranched alkanes of at least 4 members (excludes halogenated alkanes) is 18. The number of hydrogen-bond donors (Lipinski definition) is 0. The Morgan fingerprint density at radius 3 is 0.923 bits per heavy atom. The van der Waals surface area contributed by atoms with Crippen LogP contribution in [-0.4, -0.2) is 8.42 Å². The van der Waals surface area contributed by atoms with Crippen LogP contribution in [0, 0.1) is 0 Å². The van der Waals surface area contributed by atoms with E-state index >= 15 is 0 Å². The van der Waals surface area contributed by atoms with E-state index in [2.05, 4.69) is 13.8 Å². The van der Waals surface area contributed by atoms with Gasteiger partial charge in [0, 0.05) is 0 Å². The fourth-order valence-corrected chi connectivity index (χ4v) is 6.70. The predicted octanol–water partition coefficient (Wildman–Crippen LogP) is 11.4. The maximum atomic E-state index is 13.1. The van der Waals surface area contributed by atoms with Crippen LogP contribution >= 0.6 is 0 Å². The second kappa shape index (κ2) is 21.2. The molecule has 39 heavy (non-hydrogen) atoms. The van der Waals surface area contributed by atoms with Crippen LogP contribution in [-0.2, 0) is 22.7 Å². The Morgan fingerprint density at radius 1 is 0.385 bits per heavy atom. The third-order valence-corrected chi connectivity index (χ3v) is 9.89. The zero-order chi connectivity index (χ0) is 28.0. The van der Waals surface area contributed by atoms with Gasteiger partial charge in [0.05, 0.1) is 9.79 Å². The van der Waals surface area contributed by atoms with Gasteiger partial charge in [0.2, 0.25) is 9.84 Å². The first-order valence-corrected chi connectivity index (χ1v) is 18.0. The van der Waals surface area contributed by atoms with Crippen LogP contribution in [0.4, 0.5) is 0 Å². The van der Waals surface area contributed by atoms with E-state index < -0.39 is 9.84 Å². The minimum atomic E-state index is -3.46. The first-order chi connectivity index (χ1) is 19.1. The lowest BCUT2D eigenvalue weighted by atomic mass is 10.0. The van der Waals surface area contributed by atoms with Gasteiger partial charge in [-0.2, -0.15) is 0 Å². The van der Waals surface area contributed by atoms with E-state index in [1.165, 1.54) is 140 Å². The average Bonchev–Trinajstić information content (AvgIpc) is 2.95. The highest BCUT2D eigenvalue weighted by Gasteiger charge is 2.17. The van der Waals surface area contributed by atoms with Gasteiger partial charge in [0.1, 0.15) is 0 Å². The number of rotatable bonds is 24. The summed E-state index contributed by atoms with van der Waals surface area (Å²) in [4.78, 5) is 0.800. The van der Waals surface area contributed by atoms with E-state index in [1.54, 1.807) is 24.3 Å². The summed E-state index contributed by atoms with van der Waals surface area (Å²) in [5.74, 6) is 0. The number of hydrogen-bond acceptors (Lipinski definition) is 2. The molecular weight excluding hydrogens is 496 g/mol. The van der Waals surface area contributed by atoms with E-state index in [9.17, 15) is 8.42 Å². The van der Waals surface area contributed by atoms with Gasteiger partial charge in [-0.3, -0.25) is 0 Å². The zero-order valence-electron chi connectivity index (χ0n) is 25.4. The second-order valence-corrected chi connectivity index (χ2v) is 13.6. The van der Waals surface area contributed by atoms with Crippen molar-refractivity contribution >= 4 is 9.84 Å². The predicted molar refractivity (Wildman–Crippen MR) is 169 cm³/mol. The normalized spacial score (nSPS) is 11.7. The van der Waals surface area contributed by atoms with Crippen LogP contribution in [0.15, 0.2) is 58.3 Å². The SMILES string of the molecule is CCCCCCCCCCCCc1ccc(S(=O)(=O)c2ccc(CCCCCCCCCCCC)cc2)cc1. The Kier molecular flexibility index (Phi) is 18.2. The average molecular weight is 555 g/mol. The molecule has 0 unspecified atom stereocenters. The van der Waals surface area contributed by atoms with Crippen molar-refractivity contribution in [2.75, 3.05) is 0 Å². The van der Waals surface area contributed by atoms with Gasteiger partial charge in [-0.15, -0.1) is 0 Å². The summed E-state index contributed by atoms with van der Waals surface area (Å²) in [7, 11) is -3.46. The lowest BCUT2D eigenvalue weighted by Gasteiger charge is -2.08. The molecule has 0 aliphatic heterocycles. The number of aryl methyl sites for hydroxylation is 2. The van der Waals surface area contributed by atoms with Gasteiger partial charge < -0.3 is 0 Å². The molecule has 2 rings (SSSR count). The molecule has 3 heteroatoms. The lowest BCUT2D eigenvalue weighted by Crippen LogP contribution is -2.02. The summed E-state index contributed by atoms with van der Waals surface area (Å²) in [6, 6.07) is 15.2. The molecule has 0 bridgehead atoms. The Hall–Kier alpha value is -1.61. The summed E-state index contributed by atoms with van der Waals surface area (Å²) in [6.45, 7) is 4.54. The molecule has 0 aromatic heterocycles. The van der Waals surface area contributed by atoms with Crippen LogP contribution in [0.2, 0.25) is 0 Å². The van der Waals surface area contributed by atoms with Crippen molar-refractivity contribution in [2.45, 2.75) is 165 Å². The van der Waals surface area contributed by atoms with Crippen LogP contribution in [0.3, 0.4) is 0 Å². The monoisotopic (exact) mass is 554 g/mol. The fourth-order valence-electron chi connectivity index (χ4n) is 5.44. The summed E-state index contributed by atoms with van der Waals surface area (Å²) < 4.78 is 26.3. The summed E-state index contributed by atoms with van der Waals surface area (Å²) in [5, 5.41) is 0. The molecule has 0 amide bonds. The maximum Gasteiger partial charge on any atom is 0.206 e. The summed E-state index contributed by atoms with van der Waals surface area (Å²) in [6.07, 6.45) is 28.8. The fraction of sp³-hybridized carbons (Fsp3) is 0.667. The van der Waals surface area contributed by atoms with Crippen molar-refractivity contribution in [3.63, 3.8) is 0 Å². The van der Waals surface area contributed by atoms with Gasteiger partial charge in [-0.05, 0) is 61.1 Å². The highest BCUT2D eigenvalue weighted by atomic mass is 32.2. The molecule has 2 nitrogen and oxygen atoms in total. The molecule has 0 atom stereocenters. The topological polar surface area (TPSA) is 34.1 Å². The standard InChI is InChI=1S/C36H58O2S/c1-3-5-7-9-11-13-15-17-19-21-23-33-25-29-35(30-26-33)39(37,38)36-31-27-34(28-32-36)24-22-20-18-16-14-12-10-8-6-4-2/h25-32H,3-24H2,1-2H3. The minimum absolute atomic E-state index is 0.400. The molecule has 0 aliphatic carbocycles. The summed E-state index contributed by atoms with van der Waals surface area (Å²) in [5.41, 5.74) is 2.47. The number of sulfone groups is 1. The minimum Gasteiger partial charge on any atom is -0.219 e. The van der Waals surface area contributed by atoms with Gasteiger partial charge in [-0.25, -0.2) is 8.42 Å². The molecular formula is C36H58O2S. The Balaban J connectivity index is 1.64. The third kappa shape index (κ3) is 14.5. The Bertz CT molecular complexity index is 871. The first-order valence-electron chi connectivity index (χ1n) is 16.5. The largest absolute Gasteiger partial charge is 0.219 e. The lowest BCUT2D eigenvalue weighted by molar-refractivity contribution is 0.556. The summed E-state index contributed by atoms with van der Waals surface area (Å²) >= 11 is 0. The molecule has 0 aliphatic rings. The van der Waals surface area contributed by atoms with Crippen LogP contribution < -0.4 is 0 Å². The molecule has 0 saturated carbocycles. The molecule has 0 radical (unpaired) electrons. The van der Waals surface area contributed by atoms with E-state index in [0.717, 1.165) is 12.8 Å². The van der Waals surface area contributed by atoms with E-state index in [4.69, 9.17) is 0 Å². The maximum absolute atomic E-state index is 13.1. The number of benzene rings is 2. The molecule has 0 N–H and O–H groups in total. The van der Waals surface area contributed by atoms with Gasteiger partial charge in [0.15, 0.2) is 0 Å². The van der Waals surface area contributed by atoms with Gasteiger partial charge in [0.25, 0.3) is 0 Å². The molecule has 220 valence electrons. The van der Waals surface area contributed by atoms with Crippen molar-refractivity contribution in [3.8, 4) is 0 Å². The third-order valence-electron chi connectivity index (χ3n) is 8.11. The highest BCUT2D eigenvalue weighted by Crippen LogP contribution is 2.23. The zero-order valence-corrected chi connectivity index (χ0v) is 26.2. The quantitative estimate of drug-likeness (QED) is 0.121. The Labute approximate surface area is 242 Å². The van der Waals surface area contributed by atoms with Gasteiger partial charge >= 0.3 is 0 Å². The smallest absolute Gasteiger partial charge is 0.206 e. The molecule has 0 fully saturated rings. The first kappa shape index (κ1) is 33.6. The molecule has 0 spiro atoms. The Morgan fingerprint density at radius 2 is 0.641 bits per heavy atom. The molecule has 2 aromatic carbocycles. The van der Waals surface area contributed by atoms with Crippen LogP contribution in [0.1, 0.15) is 153 Å². The van der Waals surface area contributed by atoms with Crippen molar-refractivity contribution in [1.82, 2.24) is 0 Å². The molecule has 0 saturated heterocycles. The highest BCUT2D eigenvalue weighted by molar-refractivity contribution is 7.91.